The molecule has 0 unspecified atom stereocenters. The van der Waals surface area contributed by atoms with Crippen molar-refractivity contribution in [2.24, 2.45) is 0 Å². The monoisotopic (exact) mass is 193 g/mol. The minimum atomic E-state index is -0.0735. The van der Waals surface area contributed by atoms with Crippen LogP contribution in [0.5, 0.6) is 0 Å². The second-order valence-corrected chi connectivity index (χ2v) is 3.14. The molecule has 14 heavy (non-hydrogen) atoms. The number of carbonyl (C=O) groups excluding carboxylic acids is 1. The van der Waals surface area contributed by atoms with Gasteiger partial charge >= 0.3 is 0 Å². The van der Waals surface area contributed by atoms with Gasteiger partial charge in [-0.25, -0.2) is 0 Å². The first kappa shape index (κ1) is 10.5. The minimum absolute atomic E-state index is 0.0735. The highest BCUT2D eigenvalue weighted by atomic mass is 16.1. The van der Waals surface area contributed by atoms with Crippen molar-refractivity contribution in [3.8, 4) is 0 Å². The molecule has 0 fully saturated rings. The Bertz CT molecular complexity index is 322. The quantitative estimate of drug-likeness (QED) is 0.560. The van der Waals surface area contributed by atoms with E-state index in [-0.39, 0.29) is 5.91 Å². The van der Waals surface area contributed by atoms with Gasteiger partial charge in [0, 0.05) is 12.2 Å². The van der Waals surface area contributed by atoms with E-state index < -0.39 is 0 Å². The fourth-order valence-corrected chi connectivity index (χ4v) is 1.26. The van der Waals surface area contributed by atoms with Crippen molar-refractivity contribution >= 4 is 5.91 Å². The normalized spacial score (nSPS) is 9.86. The highest BCUT2D eigenvalue weighted by Crippen LogP contribution is 2.08. The molecule has 4 heteroatoms. The molecular weight excluding hydrogens is 178 g/mol. The van der Waals surface area contributed by atoms with Gasteiger partial charge in [-0.1, -0.05) is 6.08 Å². The standard InChI is InChI=1S/C10H15N3O/c1-4-5-6-11-10(14)9-7(2)12-13-8(9)3/h4H,1,5-6H2,2-3H3,(H,11,14)(H,12,13). The van der Waals surface area contributed by atoms with Crippen LogP contribution in [0.25, 0.3) is 0 Å². The summed E-state index contributed by atoms with van der Waals surface area (Å²) >= 11 is 0. The number of carbonyl (C=O) groups is 1. The fraction of sp³-hybridized carbons (Fsp3) is 0.400. The lowest BCUT2D eigenvalue weighted by Gasteiger charge is -2.02. The average Bonchev–Trinajstić information content (AvgIpc) is 2.46. The first-order chi connectivity index (χ1) is 6.66. The summed E-state index contributed by atoms with van der Waals surface area (Å²) in [6, 6.07) is 0. The lowest BCUT2D eigenvalue weighted by atomic mass is 10.2. The van der Waals surface area contributed by atoms with Crippen LogP contribution in [0, 0.1) is 13.8 Å². The molecule has 0 saturated heterocycles. The fourth-order valence-electron chi connectivity index (χ4n) is 1.26. The molecule has 0 saturated carbocycles. The number of aromatic amines is 1. The van der Waals surface area contributed by atoms with E-state index in [0.717, 1.165) is 17.8 Å². The van der Waals surface area contributed by atoms with Crippen LogP contribution in [0.1, 0.15) is 28.2 Å². The number of hydrogen-bond acceptors (Lipinski definition) is 2. The maximum absolute atomic E-state index is 11.6. The van der Waals surface area contributed by atoms with Crippen molar-refractivity contribution in [3.05, 3.63) is 29.6 Å². The smallest absolute Gasteiger partial charge is 0.255 e. The molecular formula is C10H15N3O. The zero-order valence-corrected chi connectivity index (χ0v) is 8.55. The molecule has 76 valence electrons. The maximum atomic E-state index is 11.6. The molecule has 1 heterocycles. The van der Waals surface area contributed by atoms with Gasteiger partial charge < -0.3 is 5.32 Å². The van der Waals surface area contributed by atoms with Gasteiger partial charge in [0.25, 0.3) is 5.91 Å². The predicted molar refractivity (Wildman–Crippen MR) is 55.2 cm³/mol. The summed E-state index contributed by atoms with van der Waals surface area (Å²) in [6.07, 6.45) is 2.55. The molecule has 4 nitrogen and oxygen atoms in total. The molecule has 0 aliphatic rings. The number of nitrogens with zero attached hydrogens (tertiary/aromatic N) is 1. The van der Waals surface area contributed by atoms with Gasteiger partial charge in [-0.15, -0.1) is 6.58 Å². The summed E-state index contributed by atoms with van der Waals surface area (Å²) in [5.41, 5.74) is 2.19. The Hall–Kier alpha value is -1.58. The Morgan fingerprint density at radius 3 is 2.86 bits per heavy atom. The average molecular weight is 193 g/mol. The van der Waals surface area contributed by atoms with Gasteiger partial charge in [0.05, 0.1) is 11.3 Å². The first-order valence-electron chi connectivity index (χ1n) is 4.57. The molecule has 0 radical (unpaired) electrons. The van der Waals surface area contributed by atoms with Crippen LogP contribution in [0.2, 0.25) is 0 Å². The Labute approximate surface area is 83.4 Å². The largest absolute Gasteiger partial charge is 0.352 e. The van der Waals surface area contributed by atoms with Gasteiger partial charge in [-0.3, -0.25) is 9.89 Å². The van der Waals surface area contributed by atoms with Crippen LogP contribution >= 0.6 is 0 Å². The van der Waals surface area contributed by atoms with Crippen LogP contribution in [0.15, 0.2) is 12.7 Å². The molecule has 0 atom stereocenters. The van der Waals surface area contributed by atoms with Crippen molar-refractivity contribution in [1.29, 1.82) is 0 Å². The summed E-state index contributed by atoms with van der Waals surface area (Å²) < 4.78 is 0. The van der Waals surface area contributed by atoms with E-state index in [1.165, 1.54) is 0 Å². The predicted octanol–water partition coefficient (Wildman–Crippen LogP) is 1.33. The van der Waals surface area contributed by atoms with Crippen LogP contribution in [0.3, 0.4) is 0 Å². The van der Waals surface area contributed by atoms with Crippen LogP contribution in [-0.4, -0.2) is 22.6 Å². The Morgan fingerprint density at radius 2 is 2.36 bits per heavy atom. The summed E-state index contributed by atoms with van der Waals surface area (Å²) in [4.78, 5) is 11.6. The second kappa shape index (κ2) is 4.60. The van der Waals surface area contributed by atoms with E-state index in [1.807, 2.05) is 13.8 Å². The summed E-state index contributed by atoms with van der Waals surface area (Å²) in [6.45, 7) is 7.85. The Morgan fingerprint density at radius 1 is 1.64 bits per heavy atom. The number of rotatable bonds is 4. The number of amides is 1. The molecule has 0 bridgehead atoms. The number of H-pyrrole nitrogens is 1. The third kappa shape index (κ3) is 2.22. The van der Waals surface area contributed by atoms with Crippen LogP contribution < -0.4 is 5.32 Å². The second-order valence-electron chi connectivity index (χ2n) is 3.14. The van der Waals surface area contributed by atoms with Crippen molar-refractivity contribution in [2.45, 2.75) is 20.3 Å². The zero-order chi connectivity index (χ0) is 10.6. The molecule has 0 aliphatic heterocycles. The highest BCUT2D eigenvalue weighted by Gasteiger charge is 2.13. The molecule has 0 spiro atoms. The molecule has 2 N–H and O–H groups in total. The Balaban J connectivity index is 2.64. The van der Waals surface area contributed by atoms with E-state index in [1.54, 1.807) is 6.08 Å². The van der Waals surface area contributed by atoms with E-state index >= 15 is 0 Å². The lowest BCUT2D eigenvalue weighted by molar-refractivity contribution is 0.0953. The number of hydrogen-bond donors (Lipinski definition) is 2. The third-order valence-corrected chi connectivity index (χ3v) is 1.99. The number of aryl methyl sites for hydroxylation is 2. The Kier molecular flexibility index (Phi) is 3.45. The molecule has 0 aliphatic carbocycles. The van der Waals surface area contributed by atoms with Crippen LogP contribution in [-0.2, 0) is 0 Å². The third-order valence-electron chi connectivity index (χ3n) is 1.99. The molecule has 1 rings (SSSR count). The molecule has 0 aromatic carbocycles. The van der Waals surface area contributed by atoms with Gasteiger partial charge in [-0.05, 0) is 20.3 Å². The van der Waals surface area contributed by atoms with Crippen molar-refractivity contribution in [1.82, 2.24) is 15.5 Å². The van der Waals surface area contributed by atoms with E-state index in [2.05, 4.69) is 22.1 Å². The summed E-state index contributed by atoms with van der Waals surface area (Å²) in [7, 11) is 0. The van der Waals surface area contributed by atoms with Crippen molar-refractivity contribution in [3.63, 3.8) is 0 Å². The van der Waals surface area contributed by atoms with Crippen molar-refractivity contribution < 1.29 is 4.79 Å². The van der Waals surface area contributed by atoms with E-state index in [9.17, 15) is 4.79 Å². The van der Waals surface area contributed by atoms with E-state index in [0.29, 0.717) is 12.1 Å². The number of aromatic nitrogens is 2. The van der Waals surface area contributed by atoms with Gasteiger partial charge in [-0.2, -0.15) is 5.10 Å². The zero-order valence-electron chi connectivity index (χ0n) is 8.55. The summed E-state index contributed by atoms with van der Waals surface area (Å²) in [5, 5.41) is 9.53. The lowest BCUT2D eigenvalue weighted by Crippen LogP contribution is -2.25. The van der Waals surface area contributed by atoms with Crippen molar-refractivity contribution in [2.75, 3.05) is 6.54 Å². The van der Waals surface area contributed by atoms with Gasteiger partial charge in [0.1, 0.15) is 0 Å². The molecule has 1 aromatic heterocycles. The van der Waals surface area contributed by atoms with Gasteiger partial charge in [0.2, 0.25) is 0 Å². The van der Waals surface area contributed by atoms with E-state index in [4.69, 9.17) is 0 Å². The highest BCUT2D eigenvalue weighted by molar-refractivity contribution is 5.96. The SMILES string of the molecule is C=CCCNC(=O)c1c(C)n[nH]c1C. The van der Waals surface area contributed by atoms with Crippen LogP contribution in [0.4, 0.5) is 0 Å². The molecule has 1 amide bonds. The topological polar surface area (TPSA) is 57.8 Å². The maximum Gasteiger partial charge on any atom is 0.255 e. The summed E-state index contributed by atoms with van der Waals surface area (Å²) in [5.74, 6) is -0.0735. The molecule has 1 aromatic rings. The number of nitrogens with one attached hydrogen (secondary N) is 2. The minimum Gasteiger partial charge on any atom is -0.352 e. The van der Waals surface area contributed by atoms with Gasteiger partial charge in [0.15, 0.2) is 0 Å². The first-order valence-corrected chi connectivity index (χ1v) is 4.57.